The minimum absolute atomic E-state index is 0. The number of primary amides is 1. The van der Waals surface area contributed by atoms with Gasteiger partial charge >= 0.3 is 0 Å². The molecule has 1 fully saturated rings. The van der Waals surface area contributed by atoms with Crippen LogP contribution in [0.1, 0.15) is 35.2 Å². The Morgan fingerprint density at radius 3 is 2.52 bits per heavy atom. The van der Waals surface area contributed by atoms with Crippen LogP contribution in [0, 0.1) is 0 Å². The Balaban J connectivity index is 0.00000272. The standard InChI is InChI=1S/C21H25N7O2.ClH/c1-4-28-18(22)16(19(23)30)17(29)14-10-24-21(26-20(14)28)25-12-7-5-11(6-8-12)13-9-15(13)27(2)3;/h5-8,10,13,15H,4,9,22H2,1-3H3,(H2,23,30)(H,24,25,26);1H/t13-,15+;/m0./s1. The van der Waals surface area contributed by atoms with Crippen molar-refractivity contribution in [2.24, 2.45) is 5.73 Å². The molecule has 1 aromatic carbocycles. The lowest BCUT2D eigenvalue weighted by Gasteiger charge is -2.15. The molecule has 10 heteroatoms. The van der Waals surface area contributed by atoms with Gasteiger partial charge in [-0.15, -0.1) is 12.4 Å². The molecule has 1 aliphatic carbocycles. The second-order valence-electron chi connectivity index (χ2n) is 7.75. The average Bonchev–Trinajstić information content (AvgIpc) is 3.50. The van der Waals surface area contributed by atoms with Gasteiger partial charge in [-0.05, 0) is 45.1 Å². The van der Waals surface area contributed by atoms with Crippen LogP contribution in [0.15, 0.2) is 35.3 Å². The van der Waals surface area contributed by atoms with Crippen LogP contribution in [0.2, 0.25) is 0 Å². The second-order valence-corrected chi connectivity index (χ2v) is 7.75. The monoisotopic (exact) mass is 443 g/mol. The fourth-order valence-corrected chi connectivity index (χ4v) is 3.91. The van der Waals surface area contributed by atoms with Gasteiger partial charge in [0.15, 0.2) is 5.65 Å². The van der Waals surface area contributed by atoms with E-state index in [2.05, 4.69) is 46.4 Å². The quantitative estimate of drug-likeness (QED) is 0.531. The molecule has 0 unspecified atom stereocenters. The summed E-state index contributed by atoms with van der Waals surface area (Å²) in [6.45, 7) is 2.26. The number of aromatic nitrogens is 3. The normalized spacial score (nSPS) is 17.4. The minimum Gasteiger partial charge on any atom is -0.384 e. The molecule has 1 amide bonds. The Bertz CT molecular complexity index is 1190. The number of benzene rings is 1. The highest BCUT2D eigenvalue weighted by atomic mass is 35.5. The minimum atomic E-state index is -0.865. The number of anilines is 3. The largest absolute Gasteiger partial charge is 0.384 e. The Hall–Kier alpha value is -3.17. The zero-order chi connectivity index (χ0) is 21.6. The van der Waals surface area contributed by atoms with Gasteiger partial charge in [-0.3, -0.25) is 9.59 Å². The summed E-state index contributed by atoms with van der Waals surface area (Å²) in [5, 5.41) is 3.36. The summed E-state index contributed by atoms with van der Waals surface area (Å²) in [4.78, 5) is 35.2. The molecule has 2 heterocycles. The first-order chi connectivity index (χ1) is 14.3. The first kappa shape index (κ1) is 22.5. The number of amides is 1. The van der Waals surface area contributed by atoms with Crippen LogP contribution in [-0.4, -0.2) is 45.5 Å². The number of carbonyl (C=O) groups is 1. The number of likely N-dealkylation sites (N-methyl/N-ethyl adjacent to an activating group) is 1. The summed E-state index contributed by atoms with van der Waals surface area (Å²) >= 11 is 0. The van der Waals surface area contributed by atoms with Gasteiger partial charge in [-0.25, -0.2) is 4.98 Å². The highest BCUT2D eigenvalue weighted by Crippen LogP contribution is 2.43. The molecule has 164 valence electrons. The van der Waals surface area contributed by atoms with Crippen molar-refractivity contribution in [2.75, 3.05) is 25.1 Å². The van der Waals surface area contributed by atoms with Gasteiger partial charge in [0.05, 0.1) is 5.39 Å². The van der Waals surface area contributed by atoms with Crippen molar-refractivity contribution < 1.29 is 4.79 Å². The highest BCUT2D eigenvalue weighted by Gasteiger charge is 2.39. The zero-order valence-electron chi connectivity index (χ0n) is 17.6. The fourth-order valence-electron chi connectivity index (χ4n) is 3.91. The van der Waals surface area contributed by atoms with Gasteiger partial charge in [0.25, 0.3) is 5.91 Å². The van der Waals surface area contributed by atoms with E-state index in [0.717, 1.165) is 5.69 Å². The van der Waals surface area contributed by atoms with E-state index in [4.69, 9.17) is 11.5 Å². The Morgan fingerprint density at radius 2 is 1.97 bits per heavy atom. The van der Waals surface area contributed by atoms with E-state index < -0.39 is 11.3 Å². The van der Waals surface area contributed by atoms with Crippen LogP contribution in [0.5, 0.6) is 0 Å². The molecule has 1 saturated carbocycles. The SMILES string of the molecule is CCn1c(N)c(C(N)=O)c(=O)c2cnc(Nc3ccc([C@@H]4C[C@H]4N(C)C)cc3)nc21.Cl. The van der Waals surface area contributed by atoms with Gasteiger partial charge in [-0.2, -0.15) is 4.98 Å². The predicted octanol–water partition coefficient (Wildman–Crippen LogP) is 2.08. The number of hydrogen-bond acceptors (Lipinski definition) is 7. The topological polar surface area (TPSA) is 132 Å². The van der Waals surface area contributed by atoms with Crippen molar-refractivity contribution in [1.82, 2.24) is 19.4 Å². The molecule has 1 aliphatic rings. The molecule has 31 heavy (non-hydrogen) atoms. The third kappa shape index (κ3) is 4.06. The second kappa shape index (κ2) is 8.52. The molecule has 0 bridgehead atoms. The first-order valence-electron chi connectivity index (χ1n) is 9.84. The molecule has 5 N–H and O–H groups in total. The lowest BCUT2D eigenvalue weighted by Crippen LogP contribution is -2.28. The zero-order valence-corrected chi connectivity index (χ0v) is 18.4. The number of nitrogen functional groups attached to an aromatic ring is 1. The summed E-state index contributed by atoms with van der Waals surface area (Å²) in [6, 6.07) is 8.80. The number of nitrogens with zero attached hydrogens (tertiary/aromatic N) is 4. The van der Waals surface area contributed by atoms with Crippen LogP contribution < -0.4 is 22.2 Å². The molecule has 2 aromatic heterocycles. The highest BCUT2D eigenvalue weighted by molar-refractivity contribution is 6.00. The predicted molar refractivity (Wildman–Crippen MR) is 124 cm³/mol. The van der Waals surface area contributed by atoms with E-state index in [1.54, 1.807) is 4.57 Å². The van der Waals surface area contributed by atoms with Gasteiger partial charge in [0, 0.05) is 30.4 Å². The smallest absolute Gasteiger partial charge is 0.256 e. The summed E-state index contributed by atoms with van der Waals surface area (Å²) in [5.41, 5.74) is 13.1. The van der Waals surface area contributed by atoms with Gasteiger partial charge in [-0.1, -0.05) is 12.1 Å². The average molecular weight is 444 g/mol. The summed E-state index contributed by atoms with van der Waals surface area (Å²) in [6.07, 6.45) is 2.57. The Labute approximate surface area is 185 Å². The number of rotatable bonds is 6. The third-order valence-corrected chi connectivity index (χ3v) is 5.62. The van der Waals surface area contributed by atoms with E-state index >= 15 is 0 Å². The molecule has 0 saturated heterocycles. The van der Waals surface area contributed by atoms with Crippen LogP contribution >= 0.6 is 12.4 Å². The van der Waals surface area contributed by atoms with Crippen molar-refractivity contribution in [2.45, 2.75) is 31.8 Å². The molecule has 0 aliphatic heterocycles. The number of nitrogens with two attached hydrogens (primary N) is 2. The fraction of sp³-hybridized carbons (Fsp3) is 0.333. The lowest BCUT2D eigenvalue weighted by molar-refractivity contribution is 0.1000. The van der Waals surface area contributed by atoms with Gasteiger partial charge in [0.2, 0.25) is 11.4 Å². The summed E-state index contributed by atoms with van der Waals surface area (Å²) in [7, 11) is 4.21. The summed E-state index contributed by atoms with van der Waals surface area (Å²) in [5.74, 6) is 0.0560. The first-order valence-corrected chi connectivity index (χ1v) is 9.84. The number of pyridine rings is 1. The van der Waals surface area contributed by atoms with Crippen LogP contribution in [0.3, 0.4) is 0 Å². The molecule has 0 spiro atoms. The van der Waals surface area contributed by atoms with Crippen molar-refractivity contribution >= 4 is 46.8 Å². The van der Waals surface area contributed by atoms with Crippen LogP contribution in [0.25, 0.3) is 11.0 Å². The number of fused-ring (bicyclic) bond motifs is 1. The molecule has 3 aromatic rings. The van der Waals surface area contributed by atoms with E-state index in [-0.39, 0.29) is 29.2 Å². The van der Waals surface area contributed by atoms with Crippen molar-refractivity contribution in [3.63, 3.8) is 0 Å². The molecule has 9 nitrogen and oxygen atoms in total. The third-order valence-electron chi connectivity index (χ3n) is 5.62. The van der Waals surface area contributed by atoms with E-state index in [0.29, 0.717) is 30.1 Å². The number of aryl methyl sites for hydroxylation is 1. The molecular formula is C21H26ClN7O2. The molecule has 4 rings (SSSR count). The molecule has 0 radical (unpaired) electrons. The van der Waals surface area contributed by atoms with Gasteiger partial charge < -0.3 is 26.3 Å². The molecule has 2 atom stereocenters. The van der Waals surface area contributed by atoms with Gasteiger partial charge in [0.1, 0.15) is 11.4 Å². The van der Waals surface area contributed by atoms with Crippen LogP contribution in [0.4, 0.5) is 17.5 Å². The number of halogens is 1. The van der Waals surface area contributed by atoms with E-state index in [1.807, 2.05) is 19.1 Å². The van der Waals surface area contributed by atoms with Crippen molar-refractivity contribution in [3.8, 4) is 0 Å². The Morgan fingerprint density at radius 1 is 1.29 bits per heavy atom. The maximum atomic E-state index is 12.6. The van der Waals surface area contributed by atoms with Crippen LogP contribution in [-0.2, 0) is 6.54 Å². The van der Waals surface area contributed by atoms with Crippen molar-refractivity contribution in [1.29, 1.82) is 0 Å². The number of nitrogens with one attached hydrogen (secondary N) is 1. The lowest BCUT2D eigenvalue weighted by atomic mass is 10.1. The van der Waals surface area contributed by atoms with E-state index in [9.17, 15) is 9.59 Å². The Kier molecular flexibility index (Phi) is 6.19. The maximum absolute atomic E-state index is 12.6. The summed E-state index contributed by atoms with van der Waals surface area (Å²) < 4.78 is 1.58. The maximum Gasteiger partial charge on any atom is 0.256 e. The van der Waals surface area contributed by atoms with Crippen molar-refractivity contribution in [3.05, 3.63) is 51.8 Å². The molecular weight excluding hydrogens is 418 g/mol. The number of hydrogen-bond donors (Lipinski definition) is 3. The number of carbonyl (C=O) groups excluding carboxylic acids is 1. The van der Waals surface area contributed by atoms with E-state index in [1.165, 1.54) is 18.2 Å².